The second kappa shape index (κ2) is 7.11. The van der Waals surface area contributed by atoms with Gasteiger partial charge in [-0.1, -0.05) is 31.2 Å². The zero-order valence-corrected chi connectivity index (χ0v) is 8.56. The summed E-state index contributed by atoms with van der Waals surface area (Å²) in [6, 6.07) is 0.640. The summed E-state index contributed by atoms with van der Waals surface area (Å²) in [5, 5.41) is 3.45. The minimum absolute atomic E-state index is 0.640. The molecule has 0 fully saturated rings. The van der Waals surface area contributed by atoms with E-state index in [-0.39, 0.29) is 0 Å². The zero-order chi connectivity index (χ0) is 9.40. The number of hydrogen-bond acceptors (Lipinski definition) is 1. The first kappa shape index (κ1) is 11.4. The van der Waals surface area contributed by atoms with Gasteiger partial charge in [0.05, 0.1) is 0 Å². The van der Waals surface area contributed by atoms with Crippen LogP contribution in [0.15, 0.2) is 24.3 Å². The van der Waals surface area contributed by atoms with Crippen molar-refractivity contribution in [3.05, 3.63) is 24.3 Å². The third-order valence-electron chi connectivity index (χ3n) is 2.03. The van der Waals surface area contributed by atoms with Crippen LogP contribution in [0.4, 0.5) is 0 Å². The quantitative estimate of drug-likeness (QED) is 0.600. The van der Waals surface area contributed by atoms with Gasteiger partial charge >= 0.3 is 0 Å². The maximum Gasteiger partial charge on any atom is 0.00362 e. The highest BCUT2D eigenvalue weighted by atomic mass is 14.9. The van der Waals surface area contributed by atoms with Gasteiger partial charge in [0.15, 0.2) is 0 Å². The van der Waals surface area contributed by atoms with E-state index in [4.69, 9.17) is 0 Å². The first-order valence-electron chi connectivity index (χ1n) is 4.72. The van der Waals surface area contributed by atoms with Crippen LogP contribution < -0.4 is 5.32 Å². The van der Waals surface area contributed by atoms with Crippen molar-refractivity contribution in [2.45, 2.75) is 39.7 Å². The molecule has 1 atom stereocenters. The van der Waals surface area contributed by atoms with Crippen molar-refractivity contribution in [1.29, 1.82) is 0 Å². The van der Waals surface area contributed by atoms with Crippen LogP contribution in [0.1, 0.15) is 33.6 Å². The molecule has 0 aliphatic heterocycles. The summed E-state index contributed by atoms with van der Waals surface area (Å²) in [5.74, 6) is 0. The predicted molar refractivity (Wildman–Crippen MR) is 56.3 cm³/mol. The lowest BCUT2D eigenvalue weighted by Gasteiger charge is -2.10. The SMILES string of the molecule is C=CC=C(C)CCNC(C)CC. The molecule has 0 radical (unpaired) electrons. The highest BCUT2D eigenvalue weighted by Crippen LogP contribution is 1.98. The Morgan fingerprint density at radius 1 is 1.58 bits per heavy atom. The first-order valence-corrected chi connectivity index (χ1v) is 4.72. The van der Waals surface area contributed by atoms with Crippen LogP contribution in [0.3, 0.4) is 0 Å². The lowest BCUT2D eigenvalue weighted by molar-refractivity contribution is 0.537. The van der Waals surface area contributed by atoms with Crippen LogP contribution >= 0.6 is 0 Å². The number of nitrogens with one attached hydrogen (secondary N) is 1. The molecule has 0 spiro atoms. The molecular formula is C11H21N. The molecule has 0 rings (SSSR count). The Morgan fingerprint density at radius 2 is 2.25 bits per heavy atom. The second-order valence-electron chi connectivity index (χ2n) is 3.26. The Kier molecular flexibility index (Phi) is 6.78. The van der Waals surface area contributed by atoms with Crippen LogP contribution in [0.5, 0.6) is 0 Å². The zero-order valence-electron chi connectivity index (χ0n) is 8.56. The minimum atomic E-state index is 0.640. The molecule has 0 aromatic rings. The molecule has 0 amide bonds. The summed E-state index contributed by atoms with van der Waals surface area (Å²) in [6.45, 7) is 11.3. The molecule has 1 N–H and O–H groups in total. The van der Waals surface area contributed by atoms with Crippen molar-refractivity contribution >= 4 is 0 Å². The van der Waals surface area contributed by atoms with Crippen LogP contribution in [-0.2, 0) is 0 Å². The van der Waals surface area contributed by atoms with E-state index in [0.29, 0.717) is 6.04 Å². The van der Waals surface area contributed by atoms with Crippen molar-refractivity contribution < 1.29 is 0 Å². The Morgan fingerprint density at radius 3 is 2.75 bits per heavy atom. The highest BCUT2D eigenvalue weighted by molar-refractivity contribution is 5.07. The summed E-state index contributed by atoms with van der Waals surface area (Å²) in [5.41, 5.74) is 1.39. The Labute approximate surface area is 76.6 Å². The third kappa shape index (κ3) is 6.17. The first-order chi connectivity index (χ1) is 5.70. The fourth-order valence-corrected chi connectivity index (χ4v) is 0.945. The summed E-state index contributed by atoms with van der Waals surface area (Å²) >= 11 is 0. The van der Waals surface area contributed by atoms with Crippen LogP contribution in [0, 0.1) is 0 Å². The smallest absolute Gasteiger partial charge is 0.00362 e. The van der Waals surface area contributed by atoms with E-state index in [0.717, 1.165) is 13.0 Å². The van der Waals surface area contributed by atoms with E-state index in [1.54, 1.807) is 0 Å². The van der Waals surface area contributed by atoms with Crippen molar-refractivity contribution in [2.75, 3.05) is 6.54 Å². The molecule has 0 aliphatic rings. The Bertz CT molecular complexity index is 147. The normalized spacial score (nSPS) is 14.4. The van der Waals surface area contributed by atoms with E-state index in [1.807, 2.05) is 6.08 Å². The molecule has 1 nitrogen and oxygen atoms in total. The van der Waals surface area contributed by atoms with E-state index < -0.39 is 0 Å². The predicted octanol–water partition coefficient (Wildman–Crippen LogP) is 2.90. The molecule has 0 heterocycles. The van der Waals surface area contributed by atoms with Gasteiger partial charge in [-0.25, -0.2) is 0 Å². The van der Waals surface area contributed by atoms with Gasteiger partial charge in [-0.3, -0.25) is 0 Å². The third-order valence-corrected chi connectivity index (χ3v) is 2.03. The molecule has 70 valence electrons. The lowest BCUT2D eigenvalue weighted by atomic mass is 10.2. The highest BCUT2D eigenvalue weighted by Gasteiger charge is 1.95. The van der Waals surface area contributed by atoms with Crippen molar-refractivity contribution in [2.24, 2.45) is 0 Å². The lowest BCUT2D eigenvalue weighted by Crippen LogP contribution is -2.26. The summed E-state index contributed by atoms with van der Waals surface area (Å²) in [7, 11) is 0. The summed E-state index contributed by atoms with van der Waals surface area (Å²) < 4.78 is 0. The molecule has 1 heteroatoms. The van der Waals surface area contributed by atoms with Gasteiger partial charge in [0, 0.05) is 6.04 Å². The fourth-order valence-electron chi connectivity index (χ4n) is 0.945. The van der Waals surface area contributed by atoms with Gasteiger partial charge in [-0.05, 0) is 33.2 Å². The molecule has 0 saturated carbocycles. The molecule has 12 heavy (non-hydrogen) atoms. The average molecular weight is 167 g/mol. The maximum atomic E-state index is 3.66. The van der Waals surface area contributed by atoms with Crippen molar-refractivity contribution in [3.63, 3.8) is 0 Å². The van der Waals surface area contributed by atoms with Gasteiger partial charge in [0.1, 0.15) is 0 Å². The van der Waals surface area contributed by atoms with Crippen molar-refractivity contribution in [3.8, 4) is 0 Å². The minimum Gasteiger partial charge on any atom is -0.314 e. The fraction of sp³-hybridized carbons (Fsp3) is 0.636. The molecule has 0 bridgehead atoms. The van der Waals surface area contributed by atoms with Gasteiger partial charge in [0.2, 0.25) is 0 Å². The second-order valence-corrected chi connectivity index (χ2v) is 3.26. The van der Waals surface area contributed by atoms with Gasteiger partial charge in [-0.2, -0.15) is 0 Å². The standard InChI is InChI=1S/C11H21N/c1-5-7-10(3)8-9-12-11(4)6-2/h5,7,11-12H,1,6,8-9H2,2-4H3. The molecule has 0 aromatic heterocycles. The maximum absolute atomic E-state index is 3.66. The Balaban J connectivity index is 3.42. The summed E-state index contributed by atoms with van der Waals surface area (Å²) in [6.07, 6.45) is 6.23. The number of hydrogen-bond donors (Lipinski definition) is 1. The molecule has 0 saturated heterocycles. The average Bonchev–Trinajstić information content (AvgIpc) is 2.04. The van der Waals surface area contributed by atoms with Crippen LogP contribution in [0.25, 0.3) is 0 Å². The van der Waals surface area contributed by atoms with Crippen molar-refractivity contribution in [1.82, 2.24) is 5.32 Å². The molecule has 0 aliphatic carbocycles. The van der Waals surface area contributed by atoms with E-state index in [1.165, 1.54) is 12.0 Å². The molecular weight excluding hydrogens is 146 g/mol. The van der Waals surface area contributed by atoms with E-state index in [9.17, 15) is 0 Å². The van der Waals surface area contributed by atoms with E-state index in [2.05, 4.69) is 38.7 Å². The van der Waals surface area contributed by atoms with E-state index >= 15 is 0 Å². The topological polar surface area (TPSA) is 12.0 Å². The largest absolute Gasteiger partial charge is 0.314 e. The molecule has 1 unspecified atom stereocenters. The van der Waals surface area contributed by atoms with Crippen LogP contribution in [-0.4, -0.2) is 12.6 Å². The van der Waals surface area contributed by atoms with Gasteiger partial charge in [0.25, 0.3) is 0 Å². The number of rotatable bonds is 6. The summed E-state index contributed by atoms with van der Waals surface area (Å²) in [4.78, 5) is 0. The monoisotopic (exact) mass is 167 g/mol. The van der Waals surface area contributed by atoms with Gasteiger partial charge < -0.3 is 5.32 Å². The van der Waals surface area contributed by atoms with Crippen LogP contribution in [0.2, 0.25) is 0 Å². The molecule has 0 aromatic carbocycles. The number of allylic oxidation sites excluding steroid dienone is 2. The van der Waals surface area contributed by atoms with Gasteiger partial charge in [-0.15, -0.1) is 0 Å². The Hall–Kier alpha value is -0.560.